The van der Waals surface area contributed by atoms with Crippen molar-refractivity contribution in [2.45, 2.75) is 31.7 Å². The molecule has 3 rings (SSSR count). The van der Waals surface area contributed by atoms with Crippen LogP contribution in [0.15, 0.2) is 18.5 Å². The summed E-state index contributed by atoms with van der Waals surface area (Å²) in [5.74, 6) is 1.45. The average Bonchev–Trinajstić information content (AvgIpc) is 3.01. The van der Waals surface area contributed by atoms with Crippen LogP contribution in [0, 0.1) is 5.92 Å². The zero-order valence-corrected chi connectivity index (χ0v) is 12.3. The van der Waals surface area contributed by atoms with Crippen LogP contribution < -0.4 is 15.5 Å². The number of rotatable bonds is 4. The molecule has 6 nitrogen and oxygen atoms in total. The fourth-order valence-corrected chi connectivity index (χ4v) is 3.17. The summed E-state index contributed by atoms with van der Waals surface area (Å²) < 4.78 is 0. The minimum absolute atomic E-state index is 0.185. The minimum Gasteiger partial charge on any atom is -0.352 e. The maximum Gasteiger partial charge on any atom is 0.225 e. The molecule has 1 aromatic heterocycles. The van der Waals surface area contributed by atoms with E-state index >= 15 is 0 Å². The molecule has 0 radical (unpaired) electrons. The van der Waals surface area contributed by atoms with Gasteiger partial charge in [0, 0.05) is 37.9 Å². The largest absolute Gasteiger partial charge is 0.352 e. The van der Waals surface area contributed by atoms with Crippen LogP contribution in [-0.4, -0.2) is 48.1 Å². The summed E-state index contributed by atoms with van der Waals surface area (Å²) in [6, 6.07) is 2.03. The lowest BCUT2D eigenvalue weighted by Gasteiger charge is -2.33. The molecule has 0 aromatic carbocycles. The third kappa shape index (κ3) is 3.91. The van der Waals surface area contributed by atoms with Crippen LogP contribution in [0.3, 0.4) is 0 Å². The summed E-state index contributed by atoms with van der Waals surface area (Å²) in [5.41, 5.74) is 0. The van der Waals surface area contributed by atoms with Gasteiger partial charge in [0.15, 0.2) is 0 Å². The lowest BCUT2D eigenvalue weighted by atomic mass is 10.0. The van der Waals surface area contributed by atoms with Crippen molar-refractivity contribution in [3.63, 3.8) is 0 Å². The molecule has 2 aliphatic heterocycles. The van der Waals surface area contributed by atoms with Gasteiger partial charge in [-0.3, -0.25) is 4.79 Å². The third-order valence-electron chi connectivity index (χ3n) is 4.26. The van der Waals surface area contributed by atoms with Crippen LogP contribution in [0.4, 0.5) is 5.95 Å². The number of hydrogen-bond donors (Lipinski definition) is 2. The molecule has 114 valence electrons. The van der Waals surface area contributed by atoms with Crippen molar-refractivity contribution in [3.05, 3.63) is 18.5 Å². The Bertz CT molecular complexity index is 460. The van der Waals surface area contributed by atoms with Gasteiger partial charge in [-0.05, 0) is 44.3 Å². The van der Waals surface area contributed by atoms with E-state index in [4.69, 9.17) is 0 Å². The number of aromatic nitrogens is 2. The monoisotopic (exact) mass is 289 g/mol. The first-order valence-electron chi connectivity index (χ1n) is 7.83. The van der Waals surface area contributed by atoms with Crippen molar-refractivity contribution in [1.29, 1.82) is 0 Å². The van der Waals surface area contributed by atoms with Crippen LogP contribution in [0.1, 0.15) is 25.7 Å². The average molecular weight is 289 g/mol. The summed E-state index contributed by atoms with van der Waals surface area (Å²) in [6.45, 7) is 3.78. The van der Waals surface area contributed by atoms with Gasteiger partial charge in [-0.1, -0.05) is 0 Å². The molecule has 0 saturated carbocycles. The SMILES string of the molecule is O=C(CC1CCNC1)NC1CCCN(c2ncccn2)C1. The van der Waals surface area contributed by atoms with E-state index in [1.807, 2.05) is 6.07 Å². The predicted octanol–water partition coefficient (Wildman–Crippen LogP) is 0.561. The van der Waals surface area contributed by atoms with E-state index < -0.39 is 0 Å². The summed E-state index contributed by atoms with van der Waals surface area (Å²) >= 11 is 0. The van der Waals surface area contributed by atoms with Gasteiger partial charge in [-0.15, -0.1) is 0 Å². The Hall–Kier alpha value is -1.69. The van der Waals surface area contributed by atoms with Crippen molar-refractivity contribution in [1.82, 2.24) is 20.6 Å². The zero-order valence-electron chi connectivity index (χ0n) is 12.3. The van der Waals surface area contributed by atoms with Gasteiger partial charge < -0.3 is 15.5 Å². The highest BCUT2D eigenvalue weighted by atomic mass is 16.1. The Morgan fingerprint density at radius 1 is 1.38 bits per heavy atom. The number of nitrogens with zero attached hydrogens (tertiary/aromatic N) is 3. The molecule has 2 N–H and O–H groups in total. The molecule has 2 atom stereocenters. The number of hydrogen-bond acceptors (Lipinski definition) is 5. The molecule has 2 saturated heterocycles. The van der Waals surface area contributed by atoms with Crippen LogP contribution in [0.2, 0.25) is 0 Å². The number of piperidine rings is 1. The second kappa shape index (κ2) is 6.85. The molecule has 6 heteroatoms. The maximum atomic E-state index is 12.1. The molecular weight excluding hydrogens is 266 g/mol. The fourth-order valence-electron chi connectivity index (χ4n) is 3.17. The molecule has 2 unspecified atom stereocenters. The van der Waals surface area contributed by atoms with E-state index in [9.17, 15) is 4.79 Å². The van der Waals surface area contributed by atoms with E-state index in [2.05, 4.69) is 25.5 Å². The molecule has 0 spiro atoms. The Labute approximate surface area is 125 Å². The second-order valence-corrected chi connectivity index (χ2v) is 5.96. The number of nitrogens with one attached hydrogen (secondary N) is 2. The lowest BCUT2D eigenvalue weighted by Crippen LogP contribution is -2.48. The predicted molar refractivity (Wildman–Crippen MR) is 81.0 cm³/mol. The number of carbonyl (C=O) groups excluding carboxylic acids is 1. The van der Waals surface area contributed by atoms with Gasteiger partial charge in [0.25, 0.3) is 0 Å². The summed E-state index contributed by atoms with van der Waals surface area (Å²) in [5, 5.41) is 6.49. The van der Waals surface area contributed by atoms with E-state index in [-0.39, 0.29) is 11.9 Å². The van der Waals surface area contributed by atoms with Crippen molar-refractivity contribution in [2.24, 2.45) is 5.92 Å². The van der Waals surface area contributed by atoms with Crippen LogP contribution in [-0.2, 0) is 4.79 Å². The Kier molecular flexibility index (Phi) is 4.65. The number of amides is 1. The first kappa shape index (κ1) is 14.3. The summed E-state index contributed by atoms with van der Waals surface area (Å²) in [4.78, 5) is 22.9. The molecule has 1 amide bonds. The van der Waals surface area contributed by atoms with Gasteiger partial charge >= 0.3 is 0 Å². The Morgan fingerprint density at radius 3 is 3.00 bits per heavy atom. The van der Waals surface area contributed by atoms with Crippen LogP contribution >= 0.6 is 0 Å². The third-order valence-corrected chi connectivity index (χ3v) is 4.26. The molecule has 0 bridgehead atoms. The molecule has 2 fully saturated rings. The van der Waals surface area contributed by atoms with E-state index in [1.165, 1.54) is 0 Å². The van der Waals surface area contributed by atoms with Gasteiger partial charge in [0.1, 0.15) is 0 Å². The van der Waals surface area contributed by atoms with E-state index in [0.717, 1.165) is 51.4 Å². The number of carbonyl (C=O) groups is 1. The second-order valence-electron chi connectivity index (χ2n) is 5.96. The van der Waals surface area contributed by atoms with Crippen LogP contribution in [0.5, 0.6) is 0 Å². The van der Waals surface area contributed by atoms with Crippen molar-refractivity contribution in [2.75, 3.05) is 31.1 Å². The Morgan fingerprint density at radius 2 is 2.24 bits per heavy atom. The molecular formula is C15H23N5O. The highest BCUT2D eigenvalue weighted by molar-refractivity contribution is 5.76. The fraction of sp³-hybridized carbons (Fsp3) is 0.667. The van der Waals surface area contributed by atoms with Gasteiger partial charge in [-0.25, -0.2) is 9.97 Å². The van der Waals surface area contributed by atoms with E-state index in [0.29, 0.717) is 12.3 Å². The maximum absolute atomic E-state index is 12.1. The Balaban J connectivity index is 1.50. The van der Waals surface area contributed by atoms with Crippen molar-refractivity contribution in [3.8, 4) is 0 Å². The quantitative estimate of drug-likeness (QED) is 0.847. The first-order chi connectivity index (χ1) is 10.3. The molecule has 1 aromatic rings. The smallest absolute Gasteiger partial charge is 0.225 e. The molecule has 3 heterocycles. The first-order valence-corrected chi connectivity index (χ1v) is 7.83. The van der Waals surface area contributed by atoms with Crippen molar-refractivity contribution >= 4 is 11.9 Å². The highest BCUT2D eigenvalue weighted by Gasteiger charge is 2.24. The standard InChI is InChI=1S/C15H23N5O/c21-14(9-12-4-7-16-10-12)19-13-3-1-8-20(11-13)15-17-5-2-6-18-15/h2,5-6,12-13,16H,1,3-4,7-11H2,(H,19,21). The summed E-state index contributed by atoms with van der Waals surface area (Å²) in [7, 11) is 0. The normalized spacial score (nSPS) is 25.8. The van der Waals surface area contributed by atoms with Crippen molar-refractivity contribution < 1.29 is 4.79 Å². The molecule has 21 heavy (non-hydrogen) atoms. The van der Waals surface area contributed by atoms with Gasteiger partial charge in [0.05, 0.1) is 0 Å². The molecule has 2 aliphatic rings. The minimum atomic E-state index is 0.185. The van der Waals surface area contributed by atoms with Gasteiger partial charge in [-0.2, -0.15) is 0 Å². The molecule has 0 aliphatic carbocycles. The lowest BCUT2D eigenvalue weighted by molar-refractivity contribution is -0.122. The summed E-state index contributed by atoms with van der Waals surface area (Å²) in [6.07, 6.45) is 7.38. The van der Waals surface area contributed by atoms with Gasteiger partial charge in [0.2, 0.25) is 11.9 Å². The topological polar surface area (TPSA) is 70.2 Å². The number of anilines is 1. The van der Waals surface area contributed by atoms with Crippen LogP contribution in [0.25, 0.3) is 0 Å². The highest BCUT2D eigenvalue weighted by Crippen LogP contribution is 2.16. The van der Waals surface area contributed by atoms with E-state index in [1.54, 1.807) is 12.4 Å². The zero-order chi connectivity index (χ0) is 14.5.